The van der Waals surface area contributed by atoms with E-state index in [2.05, 4.69) is 6.07 Å². The fraction of sp³-hybridized carbons (Fsp3) is 0.179. The number of nitrogens with two attached hydrogens (primary N) is 1. The van der Waals surface area contributed by atoms with Gasteiger partial charge in [-0.15, -0.1) is 11.3 Å². The van der Waals surface area contributed by atoms with Crippen molar-refractivity contribution in [1.29, 1.82) is 5.26 Å². The van der Waals surface area contributed by atoms with E-state index in [4.69, 9.17) is 15.2 Å². The number of nitrogen functional groups attached to an aromatic ring is 1. The van der Waals surface area contributed by atoms with Gasteiger partial charge in [0.15, 0.2) is 0 Å². The van der Waals surface area contributed by atoms with Crippen molar-refractivity contribution in [2.45, 2.75) is 20.8 Å². The zero-order valence-electron chi connectivity index (χ0n) is 20.6. The average Bonchev–Trinajstić information content (AvgIpc) is 3.51. The maximum Gasteiger partial charge on any atom is 0.340 e. The molecule has 8 nitrogen and oxygen atoms in total. The molecule has 0 spiro atoms. The monoisotopic (exact) mass is 515 g/mol. The molecule has 0 radical (unpaired) electrons. The van der Waals surface area contributed by atoms with E-state index >= 15 is 0 Å². The number of aliphatic hydroxyl groups excluding tert-OH is 1. The van der Waals surface area contributed by atoms with E-state index in [9.17, 15) is 20.0 Å². The summed E-state index contributed by atoms with van der Waals surface area (Å²) >= 11 is 1.34. The number of nitrogens with zero attached hydrogens (tertiary/aromatic N) is 2. The molecule has 0 saturated carbocycles. The fourth-order valence-corrected chi connectivity index (χ4v) is 5.13. The van der Waals surface area contributed by atoms with Crippen LogP contribution in [0.4, 0.5) is 5.82 Å². The van der Waals surface area contributed by atoms with Crippen molar-refractivity contribution in [2.24, 2.45) is 0 Å². The molecule has 0 aliphatic heterocycles. The predicted molar refractivity (Wildman–Crippen MR) is 143 cm³/mol. The number of hydrogen-bond donors (Lipinski definition) is 2. The molecule has 0 saturated heterocycles. The van der Waals surface area contributed by atoms with Gasteiger partial charge in [-0.1, -0.05) is 36.4 Å². The number of carbonyl (C=O) groups excluding carboxylic acids is 2. The Labute approximate surface area is 217 Å². The number of rotatable bonds is 7. The molecule has 9 heteroatoms. The Morgan fingerprint density at radius 3 is 2.30 bits per heavy atom. The molecule has 3 heterocycles. The van der Waals surface area contributed by atoms with E-state index in [1.54, 1.807) is 57.2 Å². The molecule has 37 heavy (non-hydrogen) atoms. The Balaban J connectivity index is 2.24. The molecule has 4 aromatic rings. The van der Waals surface area contributed by atoms with Crippen LogP contribution < -0.4 is 5.73 Å². The normalized spacial score (nSPS) is 11.4. The number of benzene rings is 1. The molecule has 0 bridgehead atoms. The number of pyridine rings is 1. The molecule has 0 atom stereocenters. The summed E-state index contributed by atoms with van der Waals surface area (Å²) in [6.07, 6.45) is 1.41. The lowest BCUT2D eigenvalue weighted by Crippen LogP contribution is -2.18. The first-order valence-electron chi connectivity index (χ1n) is 11.6. The van der Waals surface area contributed by atoms with Crippen LogP contribution in [0.3, 0.4) is 0 Å². The number of aromatic nitrogens is 1. The van der Waals surface area contributed by atoms with E-state index < -0.39 is 11.9 Å². The standard InChI is InChI=1S/C28H25N3O5S/c1-4-35-27(33)22-16(3)31-25(24(28(34)36-5-2)23(22)21-12-9-13-37-21)18(19(15-29)26(31)30)14-20(32)17-10-7-6-8-11-17/h6-14,32H,4-5,30H2,1-3H3/b20-14-. The van der Waals surface area contributed by atoms with Crippen LogP contribution in [0.15, 0.2) is 47.8 Å². The second kappa shape index (κ2) is 10.6. The van der Waals surface area contributed by atoms with Crippen molar-refractivity contribution in [2.75, 3.05) is 18.9 Å². The van der Waals surface area contributed by atoms with Crippen LogP contribution in [0, 0.1) is 18.3 Å². The highest BCUT2D eigenvalue weighted by Crippen LogP contribution is 2.42. The van der Waals surface area contributed by atoms with E-state index in [-0.39, 0.29) is 52.6 Å². The van der Waals surface area contributed by atoms with Gasteiger partial charge in [-0.25, -0.2) is 9.59 Å². The van der Waals surface area contributed by atoms with Crippen LogP contribution in [0.1, 0.15) is 56.9 Å². The van der Waals surface area contributed by atoms with Crippen LogP contribution >= 0.6 is 11.3 Å². The summed E-state index contributed by atoms with van der Waals surface area (Å²) in [4.78, 5) is 27.4. The number of anilines is 1. The van der Waals surface area contributed by atoms with Gasteiger partial charge in [-0.05, 0) is 38.3 Å². The first-order valence-corrected chi connectivity index (χ1v) is 12.5. The lowest BCUT2D eigenvalue weighted by molar-refractivity contribution is 0.0525. The zero-order valence-corrected chi connectivity index (χ0v) is 21.4. The van der Waals surface area contributed by atoms with Crippen molar-refractivity contribution >= 4 is 46.4 Å². The number of esters is 2. The van der Waals surface area contributed by atoms with Gasteiger partial charge in [0.25, 0.3) is 0 Å². The van der Waals surface area contributed by atoms with Crippen molar-refractivity contribution in [3.8, 4) is 16.5 Å². The lowest BCUT2D eigenvalue weighted by atomic mass is 9.95. The highest BCUT2D eigenvalue weighted by atomic mass is 32.1. The van der Waals surface area contributed by atoms with E-state index in [1.165, 1.54) is 21.8 Å². The molecule has 0 aliphatic carbocycles. The summed E-state index contributed by atoms with van der Waals surface area (Å²) in [5.41, 5.74) is 8.42. The predicted octanol–water partition coefficient (Wildman–Crippen LogP) is 5.84. The van der Waals surface area contributed by atoms with Gasteiger partial charge in [0.05, 0.1) is 29.9 Å². The van der Waals surface area contributed by atoms with Crippen molar-refractivity contribution in [3.05, 3.63) is 81.4 Å². The Kier molecular flexibility index (Phi) is 7.32. The molecule has 4 rings (SSSR count). The fourth-order valence-electron chi connectivity index (χ4n) is 4.35. The molecule has 3 N–H and O–H groups in total. The smallest absolute Gasteiger partial charge is 0.340 e. The van der Waals surface area contributed by atoms with Crippen LogP contribution in [0.25, 0.3) is 27.8 Å². The van der Waals surface area contributed by atoms with Gasteiger partial charge in [0.2, 0.25) is 0 Å². The molecule has 1 aromatic carbocycles. The Hall–Kier alpha value is -4.55. The van der Waals surface area contributed by atoms with Gasteiger partial charge >= 0.3 is 11.9 Å². The van der Waals surface area contributed by atoms with Crippen molar-refractivity contribution < 1.29 is 24.2 Å². The second-order valence-electron chi connectivity index (χ2n) is 7.99. The average molecular weight is 516 g/mol. The number of aliphatic hydroxyl groups is 1. The molecule has 3 aromatic heterocycles. The number of carbonyl (C=O) groups is 2. The van der Waals surface area contributed by atoms with Crippen LogP contribution in [-0.4, -0.2) is 34.7 Å². The summed E-state index contributed by atoms with van der Waals surface area (Å²) in [7, 11) is 0. The topological polar surface area (TPSA) is 127 Å². The van der Waals surface area contributed by atoms with Crippen LogP contribution in [-0.2, 0) is 9.47 Å². The molecule has 188 valence electrons. The third kappa shape index (κ3) is 4.43. The molecular weight excluding hydrogens is 490 g/mol. The maximum absolute atomic E-state index is 13.5. The molecule has 0 unspecified atom stereocenters. The number of fused-ring (bicyclic) bond motifs is 1. The third-order valence-corrected chi connectivity index (χ3v) is 6.76. The quantitative estimate of drug-likeness (QED) is 0.234. The minimum atomic E-state index is -0.697. The number of nitriles is 1. The van der Waals surface area contributed by atoms with Crippen LogP contribution in [0.2, 0.25) is 0 Å². The zero-order chi connectivity index (χ0) is 26.7. The van der Waals surface area contributed by atoms with E-state index in [1.807, 2.05) is 11.4 Å². The summed E-state index contributed by atoms with van der Waals surface area (Å²) in [6, 6.07) is 14.5. The van der Waals surface area contributed by atoms with Gasteiger partial charge in [-0.3, -0.25) is 4.40 Å². The highest BCUT2D eigenvalue weighted by molar-refractivity contribution is 7.13. The number of ether oxygens (including phenoxy) is 2. The second-order valence-corrected chi connectivity index (χ2v) is 8.94. The summed E-state index contributed by atoms with van der Waals surface area (Å²) in [5.74, 6) is -1.43. The van der Waals surface area contributed by atoms with Crippen molar-refractivity contribution in [1.82, 2.24) is 4.40 Å². The third-order valence-electron chi connectivity index (χ3n) is 5.87. The van der Waals surface area contributed by atoms with E-state index in [0.717, 1.165) is 0 Å². The van der Waals surface area contributed by atoms with Gasteiger partial charge in [0, 0.05) is 27.3 Å². The lowest BCUT2D eigenvalue weighted by Gasteiger charge is -2.19. The summed E-state index contributed by atoms with van der Waals surface area (Å²) in [6.45, 7) is 5.25. The Morgan fingerprint density at radius 2 is 1.73 bits per heavy atom. The molecule has 0 fully saturated rings. The maximum atomic E-state index is 13.5. The molecular formula is C28H25N3O5S. The largest absolute Gasteiger partial charge is 0.507 e. The highest BCUT2D eigenvalue weighted by Gasteiger charge is 2.33. The van der Waals surface area contributed by atoms with Gasteiger partial charge in [-0.2, -0.15) is 5.26 Å². The minimum absolute atomic E-state index is 0.0240. The summed E-state index contributed by atoms with van der Waals surface area (Å²) < 4.78 is 12.3. The van der Waals surface area contributed by atoms with Gasteiger partial charge < -0.3 is 20.3 Å². The van der Waals surface area contributed by atoms with Gasteiger partial charge in [0.1, 0.15) is 23.2 Å². The Morgan fingerprint density at radius 1 is 1.08 bits per heavy atom. The number of thiophene rings is 1. The Bertz CT molecular complexity index is 1560. The minimum Gasteiger partial charge on any atom is -0.507 e. The van der Waals surface area contributed by atoms with Crippen LogP contribution in [0.5, 0.6) is 0 Å². The molecule has 0 amide bonds. The van der Waals surface area contributed by atoms with Crippen molar-refractivity contribution in [3.63, 3.8) is 0 Å². The first-order chi connectivity index (χ1) is 17.8. The number of hydrogen-bond acceptors (Lipinski definition) is 8. The molecule has 0 aliphatic rings. The number of aryl methyl sites for hydroxylation is 1. The SMILES string of the molecule is CCOC(=O)c1c(-c2cccs2)c(C(=O)OCC)c2c(/C=C(\O)c3ccccc3)c(C#N)c(N)n2c1C. The summed E-state index contributed by atoms with van der Waals surface area (Å²) in [5, 5.41) is 22.8. The first kappa shape index (κ1) is 25.5. The van der Waals surface area contributed by atoms with E-state index in [0.29, 0.717) is 21.7 Å².